The summed E-state index contributed by atoms with van der Waals surface area (Å²) in [5, 5.41) is 0. The van der Waals surface area contributed by atoms with Crippen molar-refractivity contribution in [3.05, 3.63) is 29.1 Å². The summed E-state index contributed by atoms with van der Waals surface area (Å²) in [5.74, 6) is 0.258. The van der Waals surface area contributed by atoms with E-state index >= 15 is 0 Å². The van der Waals surface area contributed by atoms with E-state index in [0.29, 0.717) is 12.4 Å². The molecule has 0 radical (unpaired) electrons. The van der Waals surface area contributed by atoms with Crippen LogP contribution in [0.4, 0.5) is 4.39 Å². The molecule has 17 heavy (non-hydrogen) atoms. The summed E-state index contributed by atoms with van der Waals surface area (Å²) in [7, 11) is 3.14. The highest BCUT2D eigenvalue weighted by atomic mass is 19.1. The van der Waals surface area contributed by atoms with Gasteiger partial charge in [0.25, 0.3) is 0 Å². The average molecular weight is 239 g/mol. The van der Waals surface area contributed by atoms with Crippen molar-refractivity contribution in [3.63, 3.8) is 0 Å². The Morgan fingerprint density at radius 2 is 2.06 bits per heavy atom. The second kappa shape index (κ2) is 4.63. The number of ether oxygens (including phenoxy) is 2. The summed E-state index contributed by atoms with van der Waals surface area (Å²) >= 11 is 0. The van der Waals surface area contributed by atoms with Gasteiger partial charge in [0.15, 0.2) is 0 Å². The first-order chi connectivity index (χ1) is 8.08. The van der Waals surface area contributed by atoms with Crippen molar-refractivity contribution in [2.45, 2.75) is 31.4 Å². The molecule has 0 amide bonds. The van der Waals surface area contributed by atoms with Gasteiger partial charge in [-0.05, 0) is 30.9 Å². The second-order valence-corrected chi connectivity index (χ2v) is 4.72. The van der Waals surface area contributed by atoms with Gasteiger partial charge in [-0.25, -0.2) is 4.39 Å². The van der Waals surface area contributed by atoms with Crippen molar-refractivity contribution < 1.29 is 13.9 Å². The predicted octanol–water partition coefficient (Wildman–Crippen LogP) is 2.01. The van der Waals surface area contributed by atoms with E-state index in [4.69, 9.17) is 15.2 Å². The van der Waals surface area contributed by atoms with Crippen LogP contribution in [0.3, 0.4) is 0 Å². The lowest BCUT2D eigenvalue weighted by molar-refractivity contribution is 0.183. The molecule has 4 heteroatoms. The van der Waals surface area contributed by atoms with Gasteiger partial charge >= 0.3 is 0 Å². The summed E-state index contributed by atoms with van der Waals surface area (Å²) in [5.41, 5.74) is 7.77. The summed E-state index contributed by atoms with van der Waals surface area (Å²) in [6.07, 6.45) is 2.75. The molecule has 1 aliphatic rings. The third kappa shape index (κ3) is 2.76. The lowest BCUT2D eigenvalue weighted by atomic mass is 9.98. The number of rotatable bonds is 5. The largest absolute Gasteiger partial charge is 0.496 e. The highest BCUT2D eigenvalue weighted by Gasteiger charge is 2.39. The van der Waals surface area contributed by atoms with Gasteiger partial charge in [-0.2, -0.15) is 0 Å². The molecule has 0 heterocycles. The van der Waals surface area contributed by atoms with Crippen molar-refractivity contribution >= 4 is 0 Å². The Morgan fingerprint density at radius 1 is 1.35 bits per heavy atom. The minimum Gasteiger partial charge on any atom is -0.496 e. The number of nitrogens with two attached hydrogens (primary N) is 1. The zero-order chi connectivity index (χ0) is 12.5. The van der Waals surface area contributed by atoms with Crippen molar-refractivity contribution in [1.82, 2.24) is 0 Å². The molecule has 1 aromatic rings. The molecule has 0 bridgehead atoms. The molecular formula is C13H18FNO2. The Morgan fingerprint density at radius 3 is 2.59 bits per heavy atom. The monoisotopic (exact) mass is 239 g/mol. The molecular weight excluding hydrogens is 221 g/mol. The molecule has 1 fully saturated rings. The van der Waals surface area contributed by atoms with Crippen LogP contribution in [0, 0.1) is 5.82 Å². The summed E-state index contributed by atoms with van der Waals surface area (Å²) in [6, 6.07) is 2.90. The van der Waals surface area contributed by atoms with Crippen LogP contribution < -0.4 is 10.5 Å². The summed E-state index contributed by atoms with van der Waals surface area (Å²) < 4.78 is 23.7. The third-order valence-electron chi connectivity index (χ3n) is 3.21. The van der Waals surface area contributed by atoms with E-state index in [1.54, 1.807) is 14.2 Å². The van der Waals surface area contributed by atoms with Gasteiger partial charge in [-0.3, -0.25) is 0 Å². The van der Waals surface area contributed by atoms with Crippen LogP contribution in [0.25, 0.3) is 0 Å². The van der Waals surface area contributed by atoms with E-state index in [1.807, 2.05) is 0 Å². The van der Waals surface area contributed by atoms with Gasteiger partial charge < -0.3 is 15.2 Å². The van der Waals surface area contributed by atoms with E-state index in [-0.39, 0.29) is 11.4 Å². The van der Waals surface area contributed by atoms with E-state index in [2.05, 4.69) is 0 Å². The second-order valence-electron chi connectivity index (χ2n) is 4.72. The van der Waals surface area contributed by atoms with Crippen LogP contribution in [0.2, 0.25) is 0 Å². The average Bonchev–Trinajstić information content (AvgIpc) is 3.00. The van der Waals surface area contributed by atoms with Crippen LogP contribution in [0.15, 0.2) is 12.1 Å². The normalized spacial score (nSPS) is 16.9. The highest BCUT2D eigenvalue weighted by molar-refractivity contribution is 5.42. The van der Waals surface area contributed by atoms with Crippen molar-refractivity contribution in [2.75, 3.05) is 14.2 Å². The fourth-order valence-electron chi connectivity index (χ4n) is 2.02. The molecule has 0 aliphatic heterocycles. The van der Waals surface area contributed by atoms with Crippen LogP contribution in [0.1, 0.15) is 24.0 Å². The molecule has 0 atom stereocenters. The van der Waals surface area contributed by atoms with Crippen molar-refractivity contribution in [1.29, 1.82) is 0 Å². The maximum absolute atomic E-state index is 13.4. The first-order valence-electron chi connectivity index (χ1n) is 5.71. The lowest BCUT2D eigenvalue weighted by Gasteiger charge is -2.17. The molecule has 3 nitrogen and oxygen atoms in total. The van der Waals surface area contributed by atoms with E-state index in [0.717, 1.165) is 30.4 Å². The van der Waals surface area contributed by atoms with Crippen LogP contribution in [-0.4, -0.2) is 19.8 Å². The topological polar surface area (TPSA) is 44.5 Å². The zero-order valence-electron chi connectivity index (χ0n) is 10.3. The van der Waals surface area contributed by atoms with Gasteiger partial charge in [-0.1, -0.05) is 0 Å². The first-order valence-corrected chi connectivity index (χ1v) is 5.71. The minimum absolute atomic E-state index is 0.131. The maximum atomic E-state index is 13.4. The van der Waals surface area contributed by atoms with Crippen molar-refractivity contribution in [2.24, 2.45) is 5.73 Å². The standard InChI is InChI=1S/C13H18FNO2/c1-16-8-9-5-10(14)6-12(17-2)11(9)7-13(15)3-4-13/h5-6H,3-4,7-8,15H2,1-2H3. The van der Waals surface area contributed by atoms with Gasteiger partial charge in [0.05, 0.1) is 13.7 Å². The number of benzene rings is 1. The fourth-order valence-corrected chi connectivity index (χ4v) is 2.02. The van der Waals surface area contributed by atoms with Crippen molar-refractivity contribution in [3.8, 4) is 5.75 Å². The van der Waals surface area contributed by atoms with Gasteiger partial charge in [0.1, 0.15) is 11.6 Å². The van der Waals surface area contributed by atoms with E-state index in [9.17, 15) is 4.39 Å². The Balaban J connectivity index is 2.36. The Kier molecular flexibility index (Phi) is 3.35. The van der Waals surface area contributed by atoms with Crippen LogP contribution in [-0.2, 0) is 17.8 Å². The van der Waals surface area contributed by atoms with E-state index < -0.39 is 0 Å². The predicted molar refractivity (Wildman–Crippen MR) is 63.5 cm³/mol. The fraction of sp³-hybridized carbons (Fsp3) is 0.538. The minimum atomic E-state index is -0.306. The number of hydrogen-bond donors (Lipinski definition) is 1. The number of hydrogen-bond acceptors (Lipinski definition) is 3. The Bertz CT molecular complexity index is 416. The smallest absolute Gasteiger partial charge is 0.127 e. The molecule has 94 valence electrons. The quantitative estimate of drug-likeness (QED) is 0.855. The molecule has 2 rings (SSSR count). The SMILES string of the molecule is COCc1cc(F)cc(OC)c1CC1(N)CC1. The van der Waals surface area contributed by atoms with E-state index in [1.165, 1.54) is 12.1 Å². The molecule has 0 spiro atoms. The molecule has 0 aromatic heterocycles. The lowest BCUT2D eigenvalue weighted by Crippen LogP contribution is -2.25. The summed E-state index contributed by atoms with van der Waals surface area (Å²) in [4.78, 5) is 0. The molecule has 2 N–H and O–H groups in total. The Hall–Kier alpha value is -1.13. The molecule has 0 saturated heterocycles. The third-order valence-corrected chi connectivity index (χ3v) is 3.21. The van der Waals surface area contributed by atoms with Crippen LogP contribution in [0.5, 0.6) is 5.75 Å². The molecule has 1 aliphatic carbocycles. The summed E-state index contributed by atoms with van der Waals surface area (Å²) in [6.45, 7) is 0.375. The number of halogens is 1. The zero-order valence-corrected chi connectivity index (χ0v) is 10.3. The molecule has 0 unspecified atom stereocenters. The maximum Gasteiger partial charge on any atom is 0.127 e. The highest BCUT2D eigenvalue weighted by Crippen LogP contribution is 2.39. The van der Waals surface area contributed by atoms with Gasteiger partial charge in [-0.15, -0.1) is 0 Å². The number of methoxy groups -OCH3 is 2. The first kappa shape index (κ1) is 12.3. The Labute approximate surface area is 101 Å². The van der Waals surface area contributed by atoms with Gasteiger partial charge in [0, 0.05) is 24.3 Å². The molecule has 1 saturated carbocycles. The van der Waals surface area contributed by atoms with Crippen LogP contribution >= 0.6 is 0 Å². The van der Waals surface area contributed by atoms with Gasteiger partial charge in [0.2, 0.25) is 0 Å². The molecule has 1 aromatic carbocycles.